The van der Waals surface area contributed by atoms with Crippen LogP contribution >= 0.6 is 22.9 Å². The number of anilines is 1. The Labute approximate surface area is 150 Å². The minimum atomic E-state index is 0.0520. The second-order valence-electron chi connectivity index (χ2n) is 6.35. The summed E-state index contributed by atoms with van der Waals surface area (Å²) in [5.41, 5.74) is 2.17. The number of halogens is 1. The van der Waals surface area contributed by atoms with Crippen LogP contribution in [0.5, 0.6) is 5.75 Å². The van der Waals surface area contributed by atoms with E-state index in [1.807, 2.05) is 18.2 Å². The van der Waals surface area contributed by atoms with Gasteiger partial charge in [-0.15, -0.1) is 0 Å². The lowest BCUT2D eigenvalue weighted by atomic mass is 9.90. The highest BCUT2D eigenvalue weighted by Crippen LogP contribution is 2.34. The van der Waals surface area contributed by atoms with E-state index in [-0.39, 0.29) is 5.75 Å². The molecule has 1 saturated heterocycles. The Balaban J connectivity index is 1.42. The summed E-state index contributed by atoms with van der Waals surface area (Å²) >= 11 is 7.90. The van der Waals surface area contributed by atoms with Gasteiger partial charge in [0, 0.05) is 24.2 Å². The Morgan fingerprint density at radius 3 is 2.75 bits per heavy atom. The van der Waals surface area contributed by atoms with Gasteiger partial charge in [0.1, 0.15) is 0 Å². The SMILES string of the molecule is [O]c1ccc2nc(N3CCC(Cc4ccccc4Cl)CC3)sc2c1. The molecule has 0 spiro atoms. The lowest BCUT2D eigenvalue weighted by Crippen LogP contribution is -2.34. The third-order valence-electron chi connectivity index (χ3n) is 4.70. The summed E-state index contributed by atoms with van der Waals surface area (Å²) in [6.07, 6.45) is 3.34. The smallest absolute Gasteiger partial charge is 0.186 e. The molecule has 0 atom stereocenters. The predicted molar refractivity (Wildman–Crippen MR) is 99.8 cm³/mol. The maximum absolute atomic E-state index is 11.5. The molecule has 3 aromatic rings. The average molecular weight is 358 g/mol. The molecule has 24 heavy (non-hydrogen) atoms. The normalized spacial score (nSPS) is 16.0. The Bertz CT molecular complexity index is 855. The molecule has 1 aromatic heterocycles. The van der Waals surface area contributed by atoms with Gasteiger partial charge in [0.15, 0.2) is 10.9 Å². The Kier molecular flexibility index (Phi) is 4.33. The van der Waals surface area contributed by atoms with Gasteiger partial charge in [0.2, 0.25) is 0 Å². The van der Waals surface area contributed by atoms with Gasteiger partial charge in [0.05, 0.1) is 10.2 Å². The molecule has 0 N–H and O–H groups in total. The largest absolute Gasteiger partial charge is 0.348 e. The highest BCUT2D eigenvalue weighted by molar-refractivity contribution is 7.22. The van der Waals surface area contributed by atoms with Crippen molar-refractivity contribution in [2.75, 3.05) is 18.0 Å². The summed E-state index contributed by atoms with van der Waals surface area (Å²) in [7, 11) is 0. The number of aromatic nitrogens is 1. The van der Waals surface area contributed by atoms with E-state index >= 15 is 0 Å². The minimum absolute atomic E-state index is 0.0520. The van der Waals surface area contributed by atoms with Crippen LogP contribution in [-0.2, 0) is 11.5 Å². The van der Waals surface area contributed by atoms with Crippen LogP contribution in [0.2, 0.25) is 5.02 Å². The fraction of sp³-hybridized carbons (Fsp3) is 0.316. The van der Waals surface area contributed by atoms with Crippen molar-refractivity contribution in [3.05, 3.63) is 53.1 Å². The molecule has 2 heterocycles. The van der Waals surface area contributed by atoms with Gasteiger partial charge in [-0.2, -0.15) is 0 Å². The van der Waals surface area contributed by atoms with E-state index in [9.17, 15) is 5.11 Å². The fourth-order valence-corrected chi connectivity index (χ4v) is 4.59. The van der Waals surface area contributed by atoms with Crippen molar-refractivity contribution in [3.63, 3.8) is 0 Å². The Morgan fingerprint density at radius 2 is 1.96 bits per heavy atom. The van der Waals surface area contributed by atoms with E-state index in [2.05, 4.69) is 22.0 Å². The third-order valence-corrected chi connectivity index (χ3v) is 6.15. The van der Waals surface area contributed by atoms with E-state index in [1.165, 1.54) is 5.56 Å². The van der Waals surface area contributed by atoms with Gasteiger partial charge < -0.3 is 4.90 Å². The molecule has 1 radical (unpaired) electrons. The Morgan fingerprint density at radius 1 is 1.17 bits per heavy atom. The van der Waals surface area contributed by atoms with Gasteiger partial charge in [-0.1, -0.05) is 41.1 Å². The maximum atomic E-state index is 11.5. The standard InChI is InChI=1S/C19H18ClN2OS/c20-16-4-2-1-3-14(16)11-13-7-9-22(10-8-13)19-21-17-6-5-15(23)12-18(17)24-19/h1-6,12-13H,7-11H2. The summed E-state index contributed by atoms with van der Waals surface area (Å²) < 4.78 is 0.982. The van der Waals surface area contributed by atoms with Crippen LogP contribution in [0.25, 0.3) is 10.2 Å². The summed E-state index contributed by atoms with van der Waals surface area (Å²) in [5.74, 6) is 0.722. The first-order valence-electron chi connectivity index (χ1n) is 8.25. The van der Waals surface area contributed by atoms with Crippen LogP contribution in [0, 0.1) is 5.92 Å². The summed E-state index contributed by atoms with van der Waals surface area (Å²) in [4.78, 5) is 7.03. The molecule has 0 saturated carbocycles. The first-order chi connectivity index (χ1) is 11.7. The van der Waals surface area contributed by atoms with Crippen molar-refractivity contribution < 1.29 is 5.11 Å². The number of hydrogen-bond acceptors (Lipinski definition) is 3. The molecule has 1 aliphatic heterocycles. The molecule has 123 valence electrons. The van der Waals surface area contributed by atoms with Crippen LogP contribution in [0.1, 0.15) is 18.4 Å². The first-order valence-corrected chi connectivity index (χ1v) is 9.44. The third kappa shape index (κ3) is 3.21. The van der Waals surface area contributed by atoms with E-state index in [0.29, 0.717) is 5.92 Å². The molecule has 0 amide bonds. The molecule has 1 fully saturated rings. The molecular weight excluding hydrogens is 340 g/mol. The van der Waals surface area contributed by atoms with Crippen molar-refractivity contribution >= 4 is 38.3 Å². The number of piperidine rings is 1. The van der Waals surface area contributed by atoms with Crippen LogP contribution in [0.3, 0.4) is 0 Å². The second kappa shape index (κ2) is 6.61. The molecule has 1 aliphatic rings. The van der Waals surface area contributed by atoms with Crippen molar-refractivity contribution in [3.8, 4) is 5.75 Å². The lowest BCUT2D eigenvalue weighted by Gasteiger charge is -2.31. The highest BCUT2D eigenvalue weighted by Gasteiger charge is 2.22. The molecule has 0 bridgehead atoms. The van der Waals surface area contributed by atoms with Gasteiger partial charge in [-0.3, -0.25) is 5.11 Å². The summed E-state index contributed by atoms with van der Waals surface area (Å²) in [6.45, 7) is 2.03. The fourth-order valence-electron chi connectivity index (χ4n) is 3.33. The van der Waals surface area contributed by atoms with Gasteiger partial charge in [0.25, 0.3) is 0 Å². The van der Waals surface area contributed by atoms with E-state index in [4.69, 9.17) is 11.6 Å². The molecular formula is C19H18ClN2OS. The topological polar surface area (TPSA) is 36.0 Å². The van der Waals surface area contributed by atoms with Gasteiger partial charge in [-0.05, 0) is 48.9 Å². The molecule has 3 nitrogen and oxygen atoms in total. The molecule has 0 aliphatic carbocycles. The van der Waals surface area contributed by atoms with Crippen LogP contribution in [0.15, 0.2) is 42.5 Å². The quantitative estimate of drug-likeness (QED) is 0.615. The van der Waals surface area contributed by atoms with Crippen LogP contribution in [0.4, 0.5) is 5.13 Å². The van der Waals surface area contributed by atoms with Crippen molar-refractivity contribution in [1.82, 2.24) is 4.98 Å². The summed E-state index contributed by atoms with van der Waals surface area (Å²) in [5, 5.41) is 13.4. The second-order valence-corrected chi connectivity index (χ2v) is 7.77. The maximum Gasteiger partial charge on any atom is 0.186 e. The predicted octanol–water partition coefficient (Wildman–Crippen LogP) is 5.55. The van der Waals surface area contributed by atoms with E-state index in [1.54, 1.807) is 23.5 Å². The summed E-state index contributed by atoms with van der Waals surface area (Å²) in [6, 6.07) is 13.2. The van der Waals surface area contributed by atoms with Crippen LogP contribution < -0.4 is 4.90 Å². The number of benzene rings is 2. The van der Waals surface area contributed by atoms with Gasteiger partial charge in [-0.25, -0.2) is 4.98 Å². The van der Waals surface area contributed by atoms with Crippen LogP contribution in [-0.4, -0.2) is 18.1 Å². The molecule has 0 unspecified atom stereocenters. The number of thiazole rings is 1. The molecule has 2 aromatic carbocycles. The average Bonchev–Trinajstić information content (AvgIpc) is 3.01. The number of rotatable bonds is 3. The van der Waals surface area contributed by atoms with E-state index in [0.717, 1.165) is 52.7 Å². The first kappa shape index (κ1) is 15.7. The zero-order valence-electron chi connectivity index (χ0n) is 13.2. The number of hydrogen-bond donors (Lipinski definition) is 0. The number of fused-ring (bicyclic) bond motifs is 1. The lowest BCUT2D eigenvalue weighted by molar-refractivity contribution is 0.355. The van der Waals surface area contributed by atoms with Gasteiger partial charge >= 0.3 is 0 Å². The van der Waals surface area contributed by atoms with Crippen molar-refractivity contribution in [2.45, 2.75) is 19.3 Å². The Hall–Kier alpha value is -1.78. The zero-order chi connectivity index (χ0) is 16.5. The van der Waals surface area contributed by atoms with Crippen molar-refractivity contribution in [2.24, 2.45) is 5.92 Å². The van der Waals surface area contributed by atoms with E-state index < -0.39 is 0 Å². The van der Waals surface area contributed by atoms with Crippen molar-refractivity contribution in [1.29, 1.82) is 0 Å². The monoisotopic (exact) mass is 357 g/mol. The highest BCUT2D eigenvalue weighted by atomic mass is 35.5. The molecule has 4 rings (SSSR count). The molecule has 5 heteroatoms. The zero-order valence-corrected chi connectivity index (χ0v) is 14.8. The minimum Gasteiger partial charge on any atom is -0.348 e. The number of nitrogens with zero attached hydrogens (tertiary/aromatic N) is 2.